The summed E-state index contributed by atoms with van der Waals surface area (Å²) >= 11 is 0. The molecule has 5 aromatic rings. The number of aromatic amines is 1. The molecule has 0 aliphatic carbocycles. The van der Waals surface area contributed by atoms with Gasteiger partial charge in [0.2, 0.25) is 0 Å². The summed E-state index contributed by atoms with van der Waals surface area (Å²) in [5, 5.41) is 12.8. The van der Waals surface area contributed by atoms with Crippen LogP contribution in [-0.2, 0) is 6.42 Å². The molecule has 2 N–H and O–H groups in total. The zero-order valence-corrected chi connectivity index (χ0v) is 17.6. The van der Waals surface area contributed by atoms with Crippen LogP contribution in [0.4, 0.5) is 0 Å². The zero-order chi connectivity index (χ0) is 21.9. The van der Waals surface area contributed by atoms with Crippen LogP contribution in [0.15, 0.2) is 79.3 Å². The quantitative estimate of drug-likeness (QED) is 0.431. The van der Waals surface area contributed by atoms with Gasteiger partial charge in [0.25, 0.3) is 5.91 Å². The third kappa shape index (κ3) is 3.65. The highest BCUT2D eigenvalue weighted by Gasteiger charge is 2.22. The molecule has 0 fully saturated rings. The largest absolute Gasteiger partial charge is 0.361 e. The van der Waals surface area contributed by atoms with E-state index in [9.17, 15) is 4.79 Å². The highest BCUT2D eigenvalue weighted by atomic mass is 16.2. The summed E-state index contributed by atoms with van der Waals surface area (Å²) in [6.07, 6.45) is 6.10. The molecule has 0 saturated heterocycles. The Morgan fingerprint density at radius 3 is 2.66 bits per heavy atom. The molecule has 1 amide bonds. The molecule has 0 aliphatic heterocycles. The average Bonchev–Trinajstić information content (AvgIpc) is 3.45. The first-order chi connectivity index (χ1) is 15.7. The highest BCUT2D eigenvalue weighted by Crippen LogP contribution is 2.26. The second kappa shape index (κ2) is 8.47. The van der Waals surface area contributed by atoms with E-state index in [1.807, 2.05) is 67.7 Å². The number of benzene rings is 2. The second-order valence-corrected chi connectivity index (χ2v) is 7.59. The van der Waals surface area contributed by atoms with Crippen molar-refractivity contribution in [3.63, 3.8) is 0 Å². The highest BCUT2D eigenvalue weighted by molar-refractivity contribution is 5.98. The van der Waals surface area contributed by atoms with E-state index in [2.05, 4.69) is 31.7 Å². The maximum absolute atomic E-state index is 13.1. The monoisotopic (exact) mass is 422 g/mol. The van der Waals surface area contributed by atoms with Crippen molar-refractivity contribution in [2.45, 2.75) is 13.3 Å². The molecule has 7 nitrogen and oxygen atoms in total. The number of amides is 1. The molecule has 3 heterocycles. The van der Waals surface area contributed by atoms with Crippen molar-refractivity contribution in [3.05, 3.63) is 96.1 Å². The standard InChI is InChI=1S/C25H22N6O/c1-17-6-2-5-9-22(17)31-24(18-10-13-26-14-11-18)23(29-30-31)25(32)27-15-12-19-16-28-21-8-4-3-7-20(19)21/h2-11,13-14,16,28H,12,15H2,1H3,(H,27,32). The zero-order valence-electron chi connectivity index (χ0n) is 17.6. The fraction of sp³-hybridized carbons (Fsp3) is 0.120. The van der Waals surface area contributed by atoms with Gasteiger partial charge in [0.1, 0.15) is 5.69 Å². The van der Waals surface area contributed by atoms with Crippen molar-refractivity contribution in [3.8, 4) is 16.9 Å². The lowest BCUT2D eigenvalue weighted by atomic mass is 10.1. The Morgan fingerprint density at radius 2 is 1.81 bits per heavy atom. The molecule has 158 valence electrons. The maximum Gasteiger partial charge on any atom is 0.274 e. The number of para-hydroxylation sites is 2. The minimum absolute atomic E-state index is 0.253. The van der Waals surface area contributed by atoms with Gasteiger partial charge in [-0.1, -0.05) is 41.6 Å². The summed E-state index contributed by atoms with van der Waals surface area (Å²) in [5.74, 6) is -0.253. The topological polar surface area (TPSA) is 88.5 Å². The second-order valence-electron chi connectivity index (χ2n) is 7.59. The van der Waals surface area contributed by atoms with E-state index in [-0.39, 0.29) is 5.91 Å². The van der Waals surface area contributed by atoms with Gasteiger partial charge in [0, 0.05) is 41.6 Å². The molecule has 7 heteroatoms. The van der Waals surface area contributed by atoms with E-state index in [1.54, 1.807) is 17.1 Å². The van der Waals surface area contributed by atoms with E-state index in [4.69, 9.17) is 0 Å². The summed E-state index contributed by atoms with van der Waals surface area (Å²) in [6, 6.07) is 19.8. The van der Waals surface area contributed by atoms with Gasteiger partial charge in [-0.2, -0.15) is 0 Å². The SMILES string of the molecule is Cc1ccccc1-n1nnc(C(=O)NCCc2c[nH]c3ccccc23)c1-c1ccncc1. The number of hydrogen-bond acceptors (Lipinski definition) is 4. The van der Waals surface area contributed by atoms with Crippen molar-refractivity contribution in [1.82, 2.24) is 30.3 Å². The smallest absolute Gasteiger partial charge is 0.274 e. The van der Waals surface area contributed by atoms with E-state index in [0.717, 1.165) is 22.3 Å². The fourth-order valence-corrected chi connectivity index (χ4v) is 3.91. The first-order valence-corrected chi connectivity index (χ1v) is 10.5. The van der Waals surface area contributed by atoms with Crippen LogP contribution in [0.2, 0.25) is 0 Å². The minimum atomic E-state index is -0.253. The van der Waals surface area contributed by atoms with Gasteiger partial charge in [-0.3, -0.25) is 9.78 Å². The Labute approximate surface area is 185 Å². The number of aromatic nitrogens is 5. The van der Waals surface area contributed by atoms with Gasteiger partial charge < -0.3 is 10.3 Å². The lowest BCUT2D eigenvalue weighted by Crippen LogP contribution is -2.26. The number of carbonyl (C=O) groups is 1. The van der Waals surface area contributed by atoms with Crippen LogP contribution in [0.25, 0.3) is 27.8 Å². The van der Waals surface area contributed by atoms with Crippen LogP contribution in [0, 0.1) is 6.92 Å². The molecular formula is C25H22N6O. The number of aryl methyl sites for hydroxylation is 1. The van der Waals surface area contributed by atoms with Gasteiger partial charge in [-0.15, -0.1) is 5.10 Å². The van der Waals surface area contributed by atoms with Crippen LogP contribution in [0.1, 0.15) is 21.6 Å². The number of nitrogens with zero attached hydrogens (tertiary/aromatic N) is 4. The van der Waals surface area contributed by atoms with Crippen molar-refractivity contribution >= 4 is 16.8 Å². The van der Waals surface area contributed by atoms with Crippen LogP contribution < -0.4 is 5.32 Å². The third-order valence-corrected chi connectivity index (χ3v) is 5.54. The summed E-state index contributed by atoms with van der Waals surface area (Å²) in [5.41, 5.74) is 5.94. The van der Waals surface area contributed by atoms with Crippen LogP contribution in [0.5, 0.6) is 0 Å². The molecule has 32 heavy (non-hydrogen) atoms. The summed E-state index contributed by atoms with van der Waals surface area (Å²) in [6.45, 7) is 2.50. The molecule has 0 saturated carbocycles. The Bertz CT molecular complexity index is 1390. The molecule has 3 aromatic heterocycles. The molecule has 0 spiro atoms. The average molecular weight is 422 g/mol. The Kier molecular flexibility index (Phi) is 5.21. The van der Waals surface area contributed by atoms with Gasteiger partial charge in [-0.25, -0.2) is 4.68 Å². The van der Waals surface area contributed by atoms with Gasteiger partial charge >= 0.3 is 0 Å². The molecule has 0 unspecified atom stereocenters. The fourth-order valence-electron chi connectivity index (χ4n) is 3.91. The van der Waals surface area contributed by atoms with Crippen LogP contribution in [0.3, 0.4) is 0 Å². The van der Waals surface area contributed by atoms with Crippen molar-refractivity contribution in [2.75, 3.05) is 6.54 Å². The first-order valence-electron chi connectivity index (χ1n) is 10.5. The maximum atomic E-state index is 13.1. The van der Waals surface area contributed by atoms with E-state index >= 15 is 0 Å². The summed E-state index contributed by atoms with van der Waals surface area (Å²) in [4.78, 5) is 20.5. The Morgan fingerprint density at radius 1 is 1.03 bits per heavy atom. The van der Waals surface area contributed by atoms with E-state index in [1.165, 1.54) is 10.9 Å². The number of hydrogen-bond donors (Lipinski definition) is 2. The van der Waals surface area contributed by atoms with Crippen LogP contribution >= 0.6 is 0 Å². The molecular weight excluding hydrogens is 400 g/mol. The lowest BCUT2D eigenvalue weighted by molar-refractivity contribution is 0.0950. The van der Waals surface area contributed by atoms with Gasteiger partial charge in [0.05, 0.1) is 5.69 Å². The van der Waals surface area contributed by atoms with Crippen molar-refractivity contribution < 1.29 is 4.79 Å². The van der Waals surface area contributed by atoms with Crippen LogP contribution in [-0.4, -0.2) is 37.4 Å². The molecule has 2 aromatic carbocycles. The predicted octanol–water partition coefficient (Wildman–Crippen LogP) is 4.09. The summed E-state index contributed by atoms with van der Waals surface area (Å²) < 4.78 is 1.72. The molecule has 0 bridgehead atoms. The summed E-state index contributed by atoms with van der Waals surface area (Å²) in [7, 11) is 0. The predicted molar refractivity (Wildman–Crippen MR) is 124 cm³/mol. The van der Waals surface area contributed by atoms with Crippen molar-refractivity contribution in [1.29, 1.82) is 0 Å². The molecule has 0 radical (unpaired) electrons. The first kappa shape index (κ1) is 19.7. The molecule has 5 rings (SSSR count). The lowest BCUT2D eigenvalue weighted by Gasteiger charge is -2.10. The number of H-pyrrole nitrogens is 1. The number of fused-ring (bicyclic) bond motifs is 1. The van der Waals surface area contributed by atoms with Crippen molar-refractivity contribution in [2.24, 2.45) is 0 Å². The number of pyridine rings is 1. The third-order valence-electron chi connectivity index (χ3n) is 5.54. The molecule has 0 aliphatic rings. The normalized spacial score (nSPS) is 11.0. The number of rotatable bonds is 6. The minimum Gasteiger partial charge on any atom is -0.361 e. The number of carbonyl (C=O) groups excluding carboxylic acids is 1. The Hall–Kier alpha value is -4.26. The van der Waals surface area contributed by atoms with Gasteiger partial charge in [0.15, 0.2) is 5.69 Å². The Balaban J connectivity index is 1.42. The van der Waals surface area contributed by atoms with Gasteiger partial charge in [-0.05, 0) is 48.7 Å². The number of nitrogens with one attached hydrogen (secondary N) is 2. The molecule has 0 atom stereocenters. The van der Waals surface area contributed by atoms with E-state index < -0.39 is 0 Å². The van der Waals surface area contributed by atoms with E-state index in [0.29, 0.717) is 24.4 Å².